The van der Waals surface area contributed by atoms with Crippen molar-refractivity contribution in [2.75, 3.05) is 0 Å². The van der Waals surface area contributed by atoms with E-state index in [4.69, 9.17) is 11.6 Å². The predicted molar refractivity (Wildman–Crippen MR) is 79.3 cm³/mol. The van der Waals surface area contributed by atoms with Gasteiger partial charge in [-0.1, -0.05) is 44.5 Å². The van der Waals surface area contributed by atoms with Crippen molar-refractivity contribution in [3.63, 3.8) is 0 Å². The van der Waals surface area contributed by atoms with Gasteiger partial charge in [0.1, 0.15) is 5.82 Å². The van der Waals surface area contributed by atoms with E-state index < -0.39 is 11.4 Å². The van der Waals surface area contributed by atoms with Crippen LogP contribution in [0, 0.1) is 22.6 Å². The first-order valence-electron chi connectivity index (χ1n) is 7.36. The van der Waals surface area contributed by atoms with Crippen LogP contribution in [0.4, 0.5) is 4.39 Å². The van der Waals surface area contributed by atoms with E-state index in [1.54, 1.807) is 6.07 Å². The maximum absolute atomic E-state index is 13.6. The van der Waals surface area contributed by atoms with Gasteiger partial charge in [-0.25, -0.2) is 4.39 Å². The lowest BCUT2D eigenvalue weighted by atomic mass is 9.58. The molecule has 3 unspecified atom stereocenters. The maximum Gasteiger partial charge on any atom is 0.142 e. The van der Waals surface area contributed by atoms with Crippen LogP contribution in [0.2, 0.25) is 5.02 Å². The zero-order valence-electron chi connectivity index (χ0n) is 12.3. The van der Waals surface area contributed by atoms with Crippen LogP contribution < -0.4 is 0 Å². The minimum absolute atomic E-state index is 0.0865. The molecule has 0 spiro atoms. The van der Waals surface area contributed by atoms with Gasteiger partial charge in [0.05, 0.1) is 10.6 Å². The zero-order valence-corrected chi connectivity index (χ0v) is 13.1. The van der Waals surface area contributed by atoms with Gasteiger partial charge in [0.15, 0.2) is 0 Å². The first-order valence-corrected chi connectivity index (χ1v) is 7.74. The number of benzene rings is 1. The Labute approximate surface area is 125 Å². The number of hydrogen-bond donors (Lipinski definition) is 1. The van der Waals surface area contributed by atoms with E-state index in [1.807, 2.05) is 6.07 Å². The van der Waals surface area contributed by atoms with E-state index in [0.29, 0.717) is 12.3 Å². The van der Waals surface area contributed by atoms with Gasteiger partial charge in [0.2, 0.25) is 0 Å². The van der Waals surface area contributed by atoms with Crippen LogP contribution in [0.25, 0.3) is 0 Å². The lowest BCUT2D eigenvalue weighted by molar-refractivity contribution is -0.141. The van der Waals surface area contributed by atoms with E-state index in [2.05, 4.69) is 20.8 Å². The van der Waals surface area contributed by atoms with Gasteiger partial charge in [0, 0.05) is 6.42 Å². The van der Waals surface area contributed by atoms with Crippen LogP contribution in [-0.2, 0) is 6.42 Å². The Bertz CT molecular complexity index is 549. The molecule has 0 aliphatic heterocycles. The number of fused-ring (bicyclic) bond motifs is 2. The summed E-state index contributed by atoms with van der Waals surface area (Å²) >= 11 is 6.09. The smallest absolute Gasteiger partial charge is 0.142 e. The Morgan fingerprint density at radius 2 is 2.05 bits per heavy atom. The Morgan fingerprint density at radius 3 is 2.65 bits per heavy atom. The molecule has 1 N–H and O–H groups in total. The average Bonchev–Trinajstić information content (AvgIpc) is 2.83. The molecular formula is C17H22ClFO. The quantitative estimate of drug-likeness (QED) is 0.846. The summed E-state index contributed by atoms with van der Waals surface area (Å²) in [5.74, 6) is 0.142. The number of aliphatic hydroxyl groups is 1. The molecule has 2 bridgehead atoms. The van der Waals surface area contributed by atoms with Crippen molar-refractivity contribution in [3.8, 4) is 0 Å². The molecule has 20 heavy (non-hydrogen) atoms. The monoisotopic (exact) mass is 296 g/mol. The van der Waals surface area contributed by atoms with Gasteiger partial charge in [-0.15, -0.1) is 0 Å². The van der Waals surface area contributed by atoms with Crippen molar-refractivity contribution >= 4 is 11.6 Å². The molecule has 3 atom stereocenters. The lowest BCUT2D eigenvalue weighted by Crippen LogP contribution is -2.55. The molecule has 2 aliphatic carbocycles. The van der Waals surface area contributed by atoms with Crippen molar-refractivity contribution in [2.24, 2.45) is 16.7 Å². The third-order valence-electron chi connectivity index (χ3n) is 6.30. The zero-order chi connectivity index (χ0) is 14.8. The molecule has 1 nitrogen and oxygen atoms in total. The summed E-state index contributed by atoms with van der Waals surface area (Å²) in [5.41, 5.74) is -0.344. The summed E-state index contributed by atoms with van der Waals surface area (Å²) in [6.07, 6.45) is 3.72. The van der Waals surface area contributed by atoms with Gasteiger partial charge >= 0.3 is 0 Å². The molecule has 1 aromatic carbocycles. The molecule has 0 saturated heterocycles. The highest BCUT2D eigenvalue weighted by Crippen LogP contribution is 2.68. The van der Waals surface area contributed by atoms with Crippen LogP contribution in [0.1, 0.15) is 45.6 Å². The van der Waals surface area contributed by atoms with Crippen molar-refractivity contribution in [1.82, 2.24) is 0 Å². The molecule has 1 aromatic rings. The second-order valence-corrected chi connectivity index (χ2v) is 7.85. The van der Waals surface area contributed by atoms with Crippen LogP contribution in [-0.4, -0.2) is 10.7 Å². The second kappa shape index (κ2) is 4.20. The van der Waals surface area contributed by atoms with Gasteiger partial charge < -0.3 is 5.11 Å². The molecule has 0 aromatic heterocycles. The summed E-state index contributed by atoms with van der Waals surface area (Å²) in [5, 5.41) is 11.6. The van der Waals surface area contributed by atoms with Crippen LogP contribution in [0.3, 0.4) is 0 Å². The summed E-state index contributed by atoms with van der Waals surface area (Å²) in [6.45, 7) is 6.47. The molecule has 0 heterocycles. The molecule has 0 radical (unpaired) electrons. The van der Waals surface area contributed by atoms with E-state index >= 15 is 0 Å². The van der Waals surface area contributed by atoms with Gasteiger partial charge in [-0.3, -0.25) is 0 Å². The molecule has 2 aliphatic rings. The standard InChI is InChI=1S/C17H22ClFO/c1-15(2)12-7-8-16(3,10-12)17(15,20)9-11-5-4-6-13(19)14(11)18/h4-6,12,20H,7-10H2,1-3H3. The van der Waals surface area contributed by atoms with Crippen LogP contribution >= 0.6 is 11.6 Å². The van der Waals surface area contributed by atoms with Crippen molar-refractivity contribution in [1.29, 1.82) is 0 Å². The average molecular weight is 297 g/mol. The summed E-state index contributed by atoms with van der Waals surface area (Å²) in [4.78, 5) is 0. The summed E-state index contributed by atoms with van der Waals surface area (Å²) in [7, 11) is 0. The number of halogens is 2. The van der Waals surface area contributed by atoms with E-state index in [1.165, 1.54) is 12.5 Å². The normalized spacial score (nSPS) is 38.4. The Hall–Kier alpha value is -0.600. The van der Waals surface area contributed by atoms with E-state index in [-0.39, 0.29) is 15.9 Å². The fourth-order valence-electron chi connectivity index (χ4n) is 4.75. The molecular weight excluding hydrogens is 275 g/mol. The van der Waals surface area contributed by atoms with Crippen LogP contribution in [0.5, 0.6) is 0 Å². The Kier molecular flexibility index (Phi) is 3.02. The molecule has 2 fully saturated rings. The second-order valence-electron chi connectivity index (χ2n) is 7.47. The Balaban J connectivity index is 2.02. The fraction of sp³-hybridized carbons (Fsp3) is 0.647. The lowest BCUT2D eigenvalue weighted by Gasteiger charge is -2.51. The number of rotatable bonds is 2. The van der Waals surface area contributed by atoms with Crippen molar-refractivity contribution in [3.05, 3.63) is 34.6 Å². The predicted octanol–water partition coefficient (Wildman–Crippen LogP) is 4.60. The third-order valence-corrected chi connectivity index (χ3v) is 6.73. The summed E-state index contributed by atoms with van der Waals surface area (Å²) in [6, 6.07) is 4.86. The maximum atomic E-state index is 13.6. The largest absolute Gasteiger partial charge is 0.388 e. The first kappa shape index (κ1) is 14.3. The fourth-order valence-corrected chi connectivity index (χ4v) is 4.94. The molecule has 3 rings (SSSR count). The van der Waals surface area contributed by atoms with Gasteiger partial charge in [-0.2, -0.15) is 0 Å². The third kappa shape index (κ3) is 1.64. The SMILES string of the molecule is CC12CCC(C1)C(C)(C)C2(O)Cc1cccc(F)c1Cl. The molecule has 0 amide bonds. The highest BCUT2D eigenvalue weighted by Gasteiger charge is 2.68. The molecule has 110 valence electrons. The van der Waals surface area contributed by atoms with E-state index in [9.17, 15) is 9.50 Å². The molecule has 3 heteroatoms. The van der Waals surface area contributed by atoms with Crippen molar-refractivity contribution < 1.29 is 9.50 Å². The minimum atomic E-state index is -0.819. The van der Waals surface area contributed by atoms with Gasteiger partial charge in [-0.05, 0) is 47.6 Å². The topological polar surface area (TPSA) is 20.2 Å². The molecule has 2 saturated carbocycles. The van der Waals surface area contributed by atoms with Crippen molar-refractivity contribution in [2.45, 2.75) is 52.1 Å². The highest BCUT2D eigenvalue weighted by atomic mass is 35.5. The number of hydrogen-bond acceptors (Lipinski definition) is 1. The van der Waals surface area contributed by atoms with Crippen LogP contribution in [0.15, 0.2) is 18.2 Å². The minimum Gasteiger partial charge on any atom is -0.388 e. The van der Waals surface area contributed by atoms with E-state index in [0.717, 1.165) is 18.4 Å². The summed E-state index contributed by atoms with van der Waals surface area (Å²) < 4.78 is 13.6. The van der Waals surface area contributed by atoms with Gasteiger partial charge in [0.25, 0.3) is 0 Å². The first-order chi connectivity index (χ1) is 9.21. The highest BCUT2D eigenvalue weighted by molar-refractivity contribution is 6.31. The Morgan fingerprint density at radius 1 is 1.35 bits per heavy atom.